The van der Waals surface area contributed by atoms with E-state index in [0.717, 1.165) is 23.4 Å². The lowest BCUT2D eigenvalue weighted by atomic mass is 10.0. The summed E-state index contributed by atoms with van der Waals surface area (Å²) in [4.78, 5) is 16.6. The fourth-order valence-corrected chi connectivity index (χ4v) is 2.84. The molecule has 0 spiro atoms. The topological polar surface area (TPSA) is 71.8 Å². The van der Waals surface area contributed by atoms with Gasteiger partial charge in [0.1, 0.15) is 5.82 Å². The summed E-state index contributed by atoms with van der Waals surface area (Å²) in [5.41, 5.74) is 5.93. The van der Waals surface area contributed by atoms with Crippen molar-refractivity contribution in [2.45, 2.75) is 32.9 Å². The number of amides is 1. The minimum atomic E-state index is -4.47. The number of para-hydroxylation sites is 1. The highest BCUT2D eigenvalue weighted by Crippen LogP contribution is 2.30. The SMILES string of the molecule is Cc1nc(C(=O)NNc2cccc(C(F)(F)F)c2)nn1-c1ccccc1C(C)C. The number of carbonyl (C=O) groups excluding carboxylic acids is 1. The van der Waals surface area contributed by atoms with E-state index in [1.165, 1.54) is 12.1 Å². The smallest absolute Gasteiger partial charge is 0.298 e. The number of nitrogens with one attached hydrogen (secondary N) is 2. The molecule has 3 aromatic rings. The van der Waals surface area contributed by atoms with Crippen LogP contribution in [0.25, 0.3) is 5.69 Å². The van der Waals surface area contributed by atoms with Crippen LogP contribution < -0.4 is 10.9 Å². The van der Waals surface area contributed by atoms with Gasteiger partial charge >= 0.3 is 12.1 Å². The summed E-state index contributed by atoms with van der Waals surface area (Å²) in [6.07, 6.45) is -4.47. The van der Waals surface area contributed by atoms with Crippen molar-refractivity contribution in [1.29, 1.82) is 0 Å². The van der Waals surface area contributed by atoms with Crippen LogP contribution in [0.15, 0.2) is 48.5 Å². The molecule has 6 nitrogen and oxygen atoms in total. The Morgan fingerprint density at radius 3 is 2.52 bits per heavy atom. The number of hydrogen-bond acceptors (Lipinski definition) is 4. The maximum Gasteiger partial charge on any atom is 0.416 e. The van der Waals surface area contributed by atoms with E-state index in [0.29, 0.717) is 5.82 Å². The molecule has 0 atom stereocenters. The second-order valence-corrected chi connectivity index (χ2v) is 6.77. The fraction of sp³-hybridized carbons (Fsp3) is 0.250. The summed E-state index contributed by atoms with van der Waals surface area (Å²) in [6, 6.07) is 12.2. The minimum Gasteiger partial charge on any atom is -0.298 e. The zero-order chi connectivity index (χ0) is 21.2. The molecule has 152 valence electrons. The first-order valence-electron chi connectivity index (χ1n) is 8.93. The van der Waals surface area contributed by atoms with E-state index in [9.17, 15) is 18.0 Å². The predicted octanol–water partition coefficient (Wildman–Crippen LogP) is 4.47. The van der Waals surface area contributed by atoms with Gasteiger partial charge in [0.05, 0.1) is 16.9 Å². The summed E-state index contributed by atoms with van der Waals surface area (Å²) in [7, 11) is 0. The van der Waals surface area contributed by atoms with Gasteiger partial charge in [-0.3, -0.25) is 15.6 Å². The second kappa shape index (κ2) is 7.94. The van der Waals surface area contributed by atoms with Gasteiger partial charge in [0, 0.05) is 0 Å². The van der Waals surface area contributed by atoms with Crippen molar-refractivity contribution in [2.24, 2.45) is 0 Å². The molecule has 0 bridgehead atoms. The third-order valence-corrected chi connectivity index (χ3v) is 4.27. The van der Waals surface area contributed by atoms with Crippen molar-refractivity contribution in [3.05, 3.63) is 71.3 Å². The molecule has 1 amide bonds. The van der Waals surface area contributed by atoms with Crippen LogP contribution >= 0.6 is 0 Å². The first-order valence-corrected chi connectivity index (χ1v) is 8.93. The van der Waals surface area contributed by atoms with Crippen molar-refractivity contribution in [2.75, 3.05) is 5.43 Å². The third kappa shape index (κ3) is 4.56. The van der Waals surface area contributed by atoms with Gasteiger partial charge in [0.2, 0.25) is 5.82 Å². The standard InChI is InChI=1S/C20H20F3N5O/c1-12(2)16-9-4-5-10-17(16)28-13(3)24-18(27-28)19(29)26-25-15-8-6-7-14(11-15)20(21,22)23/h4-12,25H,1-3H3,(H,26,29). The Balaban J connectivity index is 1.78. The molecule has 0 radical (unpaired) electrons. The Kier molecular flexibility index (Phi) is 5.58. The summed E-state index contributed by atoms with van der Waals surface area (Å²) in [5.74, 6) is 0.00351. The molecule has 0 saturated heterocycles. The van der Waals surface area contributed by atoms with Crippen molar-refractivity contribution >= 4 is 11.6 Å². The molecule has 2 N–H and O–H groups in total. The number of benzene rings is 2. The molecule has 0 aliphatic rings. The Bertz CT molecular complexity index is 1030. The number of anilines is 1. The van der Waals surface area contributed by atoms with Gasteiger partial charge in [-0.1, -0.05) is 38.1 Å². The normalized spacial score (nSPS) is 11.6. The van der Waals surface area contributed by atoms with Gasteiger partial charge in [0.25, 0.3) is 0 Å². The molecule has 0 aliphatic carbocycles. The number of hydrazine groups is 1. The van der Waals surface area contributed by atoms with Crippen LogP contribution in [0, 0.1) is 6.92 Å². The Morgan fingerprint density at radius 1 is 1.10 bits per heavy atom. The maximum atomic E-state index is 12.8. The highest BCUT2D eigenvalue weighted by atomic mass is 19.4. The van der Waals surface area contributed by atoms with Gasteiger partial charge in [-0.05, 0) is 42.7 Å². The zero-order valence-corrected chi connectivity index (χ0v) is 16.1. The number of carbonyl (C=O) groups is 1. The highest BCUT2D eigenvalue weighted by molar-refractivity contribution is 5.91. The lowest BCUT2D eigenvalue weighted by Crippen LogP contribution is -2.30. The van der Waals surface area contributed by atoms with Crippen molar-refractivity contribution in [3.63, 3.8) is 0 Å². The Morgan fingerprint density at radius 2 is 1.83 bits per heavy atom. The van der Waals surface area contributed by atoms with E-state index in [4.69, 9.17) is 0 Å². The van der Waals surface area contributed by atoms with Gasteiger partial charge in [-0.15, -0.1) is 5.10 Å². The molecule has 0 fully saturated rings. The quantitative estimate of drug-likeness (QED) is 0.617. The van der Waals surface area contributed by atoms with E-state index in [1.54, 1.807) is 11.6 Å². The Hall–Kier alpha value is -3.36. The first kappa shape index (κ1) is 20.4. The predicted molar refractivity (Wildman–Crippen MR) is 103 cm³/mol. The summed E-state index contributed by atoms with van der Waals surface area (Å²) >= 11 is 0. The summed E-state index contributed by atoms with van der Waals surface area (Å²) in [5, 5.41) is 4.27. The van der Waals surface area contributed by atoms with E-state index in [2.05, 4.69) is 34.8 Å². The van der Waals surface area contributed by atoms with Crippen LogP contribution in [0.5, 0.6) is 0 Å². The van der Waals surface area contributed by atoms with Gasteiger partial charge in [-0.2, -0.15) is 13.2 Å². The van der Waals surface area contributed by atoms with Crippen molar-refractivity contribution < 1.29 is 18.0 Å². The maximum absolute atomic E-state index is 12.8. The monoisotopic (exact) mass is 403 g/mol. The van der Waals surface area contributed by atoms with E-state index < -0.39 is 17.6 Å². The molecule has 2 aromatic carbocycles. The molecule has 3 rings (SSSR count). The molecule has 0 saturated carbocycles. The van der Waals surface area contributed by atoms with E-state index in [1.807, 2.05) is 24.3 Å². The van der Waals surface area contributed by atoms with Gasteiger partial charge in [-0.25, -0.2) is 9.67 Å². The van der Waals surface area contributed by atoms with Crippen LogP contribution in [0.3, 0.4) is 0 Å². The molecule has 1 aromatic heterocycles. The number of hydrogen-bond donors (Lipinski definition) is 2. The fourth-order valence-electron chi connectivity index (χ4n) is 2.84. The van der Waals surface area contributed by atoms with Crippen molar-refractivity contribution in [3.8, 4) is 5.69 Å². The Labute approximate surface area is 165 Å². The molecule has 0 aliphatic heterocycles. The first-order chi connectivity index (χ1) is 13.7. The van der Waals surface area contributed by atoms with Gasteiger partial charge < -0.3 is 0 Å². The second-order valence-electron chi connectivity index (χ2n) is 6.77. The average Bonchev–Trinajstić information content (AvgIpc) is 3.07. The number of rotatable bonds is 5. The van der Waals surface area contributed by atoms with Crippen LogP contribution in [-0.4, -0.2) is 20.7 Å². The summed E-state index contributed by atoms with van der Waals surface area (Å²) in [6.45, 7) is 5.83. The van der Waals surface area contributed by atoms with Crippen LogP contribution in [0.4, 0.5) is 18.9 Å². The highest BCUT2D eigenvalue weighted by Gasteiger charge is 2.30. The lowest BCUT2D eigenvalue weighted by Gasteiger charge is -2.12. The molecular weight excluding hydrogens is 383 g/mol. The van der Waals surface area contributed by atoms with Crippen LogP contribution in [-0.2, 0) is 6.18 Å². The molecule has 1 heterocycles. The number of halogens is 3. The largest absolute Gasteiger partial charge is 0.416 e. The molecule has 9 heteroatoms. The van der Waals surface area contributed by atoms with Crippen LogP contribution in [0.2, 0.25) is 0 Å². The molecular formula is C20H20F3N5O. The number of nitrogens with zero attached hydrogens (tertiary/aromatic N) is 3. The van der Waals surface area contributed by atoms with Gasteiger partial charge in [0.15, 0.2) is 0 Å². The van der Waals surface area contributed by atoms with E-state index >= 15 is 0 Å². The average molecular weight is 403 g/mol. The molecule has 29 heavy (non-hydrogen) atoms. The van der Waals surface area contributed by atoms with Crippen molar-refractivity contribution in [1.82, 2.24) is 20.2 Å². The minimum absolute atomic E-state index is 0.0921. The number of aromatic nitrogens is 3. The van der Waals surface area contributed by atoms with E-state index in [-0.39, 0.29) is 17.4 Å². The van der Waals surface area contributed by atoms with Crippen LogP contribution in [0.1, 0.15) is 47.3 Å². The zero-order valence-electron chi connectivity index (χ0n) is 16.1. The molecule has 0 unspecified atom stereocenters. The number of aryl methyl sites for hydroxylation is 1. The summed E-state index contributed by atoms with van der Waals surface area (Å²) < 4.78 is 40.0. The number of alkyl halides is 3. The third-order valence-electron chi connectivity index (χ3n) is 4.27. The lowest BCUT2D eigenvalue weighted by molar-refractivity contribution is -0.137.